The highest BCUT2D eigenvalue weighted by Gasteiger charge is 2.31. The fourth-order valence-electron chi connectivity index (χ4n) is 3.60. The SMILES string of the molecule is COc1ccc(-c2csc(N3N=C(c4ccc(Br)cc4)CC3c3cccnc3)n2)cc1. The summed E-state index contributed by atoms with van der Waals surface area (Å²) in [5, 5.41) is 9.96. The van der Waals surface area contributed by atoms with Crippen LogP contribution in [0.2, 0.25) is 0 Å². The van der Waals surface area contributed by atoms with E-state index in [9.17, 15) is 0 Å². The molecule has 5 rings (SSSR count). The molecule has 2 aromatic heterocycles. The largest absolute Gasteiger partial charge is 0.497 e. The Morgan fingerprint density at radius 3 is 2.52 bits per heavy atom. The molecule has 7 heteroatoms. The van der Waals surface area contributed by atoms with Crippen molar-refractivity contribution in [1.29, 1.82) is 0 Å². The van der Waals surface area contributed by atoms with Gasteiger partial charge in [-0.2, -0.15) is 5.10 Å². The lowest BCUT2D eigenvalue weighted by molar-refractivity contribution is 0.415. The minimum atomic E-state index is 0.0576. The molecule has 1 aliphatic rings. The average molecular weight is 491 g/mol. The molecule has 4 aromatic rings. The predicted molar refractivity (Wildman–Crippen MR) is 129 cm³/mol. The van der Waals surface area contributed by atoms with Gasteiger partial charge in [0.05, 0.1) is 24.6 Å². The van der Waals surface area contributed by atoms with Gasteiger partial charge in [0.15, 0.2) is 0 Å². The van der Waals surface area contributed by atoms with Gasteiger partial charge >= 0.3 is 0 Å². The number of anilines is 1. The fourth-order valence-corrected chi connectivity index (χ4v) is 4.70. The fraction of sp³-hybridized carbons (Fsp3) is 0.125. The van der Waals surface area contributed by atoms with Gasteiger partial charge in [0.2, 0.25) is 5.13 Å². The minimum absolute atomic E-state index is 0.0576. The number of halogens is 1. The number of hydrogen-bond donors (Lipinski definition) is 0. The number of ether oxygens (including phenoxy) is 1. The lowest BCUT2D eigenvalue weighted by atomic mass is 10.00. The Hall–Kier alpha value is -3.03. The van der Waals surface area contributed by atoms with Gasteiger partial charge in [0.1, 0.15) is 5.75 Å². The van der Waals surface area contributed by atoms with E-state index in [2.05, 4.69) is 44.5 Å². The number of thiazole rings is 1. The van der Waals surface area contributed by atoms with E-state index >= 15 is 0 Å². The third kappa shape index (κ3) is 4.11. The molecule has 154 valence electrons. The molecule has 0 spiro atoms. The van der Waals surface area contributed by atoms with Gasteiger partial charge < -0.3 is 4.74 Å². The minimum Gasteiger partial charge on any atom is -0.497 e. The highest BCUT2D eigenvalue weighted by atomic mass is 79.9. The molecule has 5 nitrogen and oxygen atoms in total. The van der Waals surface area contributed by atoms with Gasteiger partial charge in [-0.05, 0) is 53.6 Å². The first-order valence-corrected chi connectivity index (χ1v) is 11.5. The number of rotatable bonds is 5. The first-order valence-electron chi connectivity index (χ1n) is 9.84. The maximum Gasteiger partial charge on any atom is 0.207 e. The number of benzene rings is 2. The van der Waals surface area contributed by atoms with Gasteiger partial charge in [0, 0.05) is 34.2 Å². The summed E-state index contributed by atoms with van der Waals surface area (Å²) in [4.78, 5) is 9.23. The first-order chi connectivity index (χ1) is 15.2. The van der Waals surface area contributed by atoms with Crippen molar-refractivity contribution in [1.82, 2.24) is 9.97 Å². The number of hydrazone groups is 1. The third-order valence-electron chi connectivity index (χ3n) is 5.23. The van der Waals surface area contributed by atoms with Crippen LogP contribution < -0.4 is 9.75 Å². The molecule has 0 radical (unpaired) electrons. The second-order valence-corrected chi connectivity index (χ2v) is 8.90. The quantitative estimate of drug-likeness (QED) is 0.327. The van der Waals surface area contributed by atoms with Crippen LogP contribution in [0.15, 0.2) is 88.0 Å². The summed E-state index contributed by atoms with van der Waals surface area (Å²) in [6, 6.07) is 20.4. The molecular formula is C24H19BrN4OS. The summed E-state index contributed by atoms with van der Waals surface area (Å²) in [5.74, 6) is 0.833. The molecule has 0 saturated carbocycles. The highest BCUT2D eigenvalue weighted by molar-refractivity contribution is 9.10. The lowest BCUT2D eigenvalue weighted by Crippen LogP contribution is -2.18. The van der Waals surface area contributed by atoms with Gasteiger partial charge in [-0.25, -0.2) is 9.99 Å². The molecule has 3 heterocycles. The van der Waals surface area contributed by atoms with E-state index in [1.54, 1.807) is 24.6 Å². The van der Waals surface area contributed by atoms with Crippen molar-refractivity contribution < 1.29 is 4.74 Å². The number of nitrogens with zero attached hydrogens (tertiary/aromatic N) is 4. The van der Waals surface area contributed by atoms with Gasteiger partial charge in [-0.1, -0.05) is 34.1 Å². The molecule has 2 aromatic carbocycles. The maximum absolute atomic E-state index is 5.26. The Kier molecular flexibility index (Phi) is 5.53. The van der Waals surface area contributed by atoms with Crippen LogP contribution in [0.4, 0.5) is 5.13 Å². The topological polar surface area (TPSA) is 50.6 Å². The van der Waals surface area contributed by atoms with E-state index in [1.165, 1.54) is 0 Å². The van der Waals surface area contributed by atoms with Gasteiger partial charge in [-0.15, -0.1) is 11.3 Å². The van der Waals surface area contributed by atoms with E-state index in [4.69, 9.17) is 14.8 Å². The Morgan fingerprint density at radius 1 is 1.03 bits per heavy atom. The van der Waals surface area contributed by atoms with Crippen molar-refractivity contribution in [3.05, 3.63) is 94.0 Å². The Labute approximate surface area is 193 Å². The number of hydrogen-bond acceptors (Lipinski definition) is 6. The zero-order chi connectivity index (χ0) is 21.2. The van der Waals surface area contributed by atoms with E-state index in [-0.39, 0.29) is 6.04 Å². The molecular weight excluding hydrogens is 472 g/mol. The van der Waals surface area contributed by atoms with Crippen molar-refractivity contribution in [2.45, 2.75) is 12.5 Å². The molecule has 0 aliphatic carbocycles. The van der Waals surface area contributed by atoms with E-state index < -0.39 is 0 Å². The molecule has 31 heavy (non-hydrogen) atoms. The molecule has 0 bridgehead atoms. The summed E-state index contributed by atoms with van der Waals surface area (Å²) in [6.07, 6.45) is 4.50. The van der Waals surface area contributed by atoms with Crippen LogP contribution in [-0.2, 0) is 0 Å². The van der Waals surface area contributed by atoms with Gasteiger partial charge in [0.25, 0.3) is 0 Å². The summed E-state index contributed by atoms with van der Waals surface area (Å²) < 4.78 is 6.32. The van der Waals surface area contributed by atoms with Crippen LogP contribution in [0.3, 0.4) is 0 Å². The monoisotopic (exact) mass is 490 g/mol. The summed E-state index contributed by atoms with van der Waals surface area (Å²) in [6.45, 7) is 0. The normalized spacial score (nSPS) is 15.7. The lowest BCUT2D eigenvalue weighted by Gasteiger charge is -2.20. The van der Waals surface area contributed by atoms with Gasteiger partial charge in [-0.3, -0.25) is 4.98 Å². The molecule has 1 aliphatic heterocycles. The summed E-state index contributed by atoms with van der Waals surface area (Å²) in [7, 11) is 1.67. The zero-order valence-electron chi connectivity index (χ0n) is 16.8. The standard InChI is InChI=1S/C24H19BrN4OS/c1-30-20-10-6-17(7-11-20)22-15-31-24(27-22)29-23(18-3-2-12-26-14-18)13-21(28-29)16-4-8-19(25)9-5-16/h2-12,14-15,23H,13H2,1H3. The molecule has 1 unspecified atom stereocenters. The Bertz CT molecular complexity index is 1210. The Balaban J connectivity index is 1.50. The van der Waals surface area contributed by atoms with Crippen molar-refractivity contribution >= 4 is 38.1 Å². The number of methoxy groups -OCH3 is 1. The zero-order valence-corrected chi connectivity index (χ0v) is 19.2. The van der Waals surface area contributed by atoms with Crippen LogP contribution in [0, 0.1) is 0 Å². The number of pyridine rings is 1. The van der Waals surface area contributed by atoms with Crippen LogP contribution in [-0.4, -0.2) is 22.8 Å². The average Bonchev–Trinajstić information content (AvgIpc) is 3.48. The second kappa shape index (κ2) is 8.61. The maximum atomic E-state index is 5.26. The van der Waals surface area contributed by atoms with E-state index in [0.29, 0.717) is 0 Å². The van der Waals surface area contributed by atoms with Crippen LogP contribution >= 0.6 is 27.3 Å². The molecule has 0 saturated heterocycles. The van der Waals surface area contributed by atoms with Crippen molar-refractivity contribution in [3.8, 4) is 17.0 Å². The van der Waals surface area contributed by atoms with Crippen molar-refractivity contribution in [2.24, 2.45) is 5.10 Å². The smallest absolute Gasteiger partial charge is 0.207 e. The summed E-state index contributed by atoms with van der Waals surface area (Å²) >= 11 is 5.11. The predicted octanol–water partition coefficient (Wildman–Crippen LogP) is 6.33. The van der Waals surface area contributed by atoms with E-state index in [0.717, 1.165) is 49.9 Å². The van der Waals surface area contributed by atoms with Crippen molar-refractivity contribution in [3.63, 3.8) is 0 Å². The third-order valence-corrected chi connectivity index (χ3v) is 6.59. The van der Waals surface area contributed by atoms with Crippen LogP contribution in [0.25, 0.3) is 11.3 Å². The molecule has 0 fully saturated rings. The van der Waals surface area contributed by atoms with Crippen LogP contribution in [0.1, 0.15) is 23.6 Å². The van der Waals surface area contributed by atoms with E-state index in [1.807, 2.05) is 53.7 Å². The number of aromatic nitrogens is 2. The summed E-state index contributed by atoms with van der Waals surface area (Å²) in [5.41, 5.74) is 5.27. The highest BCUT2D eigenvalue weighted by Crippen LogP contribution is 2.39. The molecule has 0 N–H and O–H groups in total. The second-order valence-electron chi connectivity index (χ2n) is 7.15. The molecule has 1 atom stereocenters. The van der Waals surface area contributed by atoms with Crippen LogP contribution in [0.5, 0.6) is 5.75 Å². The van der Waals surface area contributed by atoms with Crippen molar-refractivity contribution in [2.75, 3.05) is 12.1 Å². The Morgan fingerprint density at radius 2 is 1.81 bits per heavy atom. The molecule has 0 amide bonds. The first kappa shape index (κ1) is 19.9.